The molecule has 0 aromatic carbocycles. The van der Waals surface area contributed by atoms with Gasteiger partial charge in [0.2, 0.25) is 0 Å². The number of nitriles is 1. The summed E-state index contributed by atoms with van der Waals surface area (Å²) < 4.78 is 0. The summed E-state index contributed by atoms with van der Waals surface area (Å²) in [6.07, 6.45) is 0. The monoisotopic (exact) mass is 738 g/mol. The van der Waals surface area contributed by atoms with Gasteiger partial charge < -0.3 is 0 Å². The maximum absolute atomic E-state index is 7.32. The van der Waals surface area contributed by atoms with Crippen molar-refractivity contribution in [1.82, 2.24) is 5.59 Å². The largest absolute Gasteiger partial charge is 0.199 e. The molecule has 0 aromatic heterocycles. The Bertz CT molecular complexity index is 266. The Morgan fingerprint density at radius 1 is 0.536 bits per heavy atom. The molecule has 0 saturated carbocycles. The predicted octanol–water partition coefficient (Wildman–Crippen LogP) is 8.62. The minimum Gasteiger partial charge on any atom is -0.199 e. The molecule has 8 heteroatoms. The molecule has 0 amide bonds. The molecule has 28 heavy (non-hydrogen) atoms. The molecule has 0 heterocycles. The number of hydrogen-bond donors (Lipinski definition) is 0. The molecule has 0 fully saturated rings. The van der Waals surface area contributed by atoms with E-state index >= 15 is 0 Å². The summed E-state index contributed by atoms with van der Waals surface area (Å²) in [5, 5.41) is 7.32. The molecule has 0 aliphatic heterocycles. The second-order valence-electron chi connectivity index (χ2n) is 7.68. The third-order valence-corrected chi connectivity index (χ3v) is 10.7. The first-order valence-electron chi connectivity index (χ1n) is 9.38. The van der Waals surface area contributed by atoms with E-state index in [1.165, 1.54) is 6.92 Å². The Kier molecular flexibility index (Phi) is 52.1. The number of halogens is 2. The Morgan fingerprint density at radius 3 is 0.607 bits per heavy atom. The number of hydrogen-bond acceptors (Lipinski definition) is 2. The van der Waals surface area contributed by atoms with E-state index in [2.05, 4.69) is 83.1 Å². The minimum atomic E-state index is 0. The smallest absolute Gasteiger partial charge is 0.120 e. The zero-order valence-electron chi connectivity index (χ0n) is 20.4. The quantitative estimate of drug-likeness (QED) is 0.256. The van der Waals surface area contributed by atoms with Crippen molar-refractivity contribution in [2.45, 2.75) is 124 Å². The number of nitrogens with zero attached hydrogens (tertiary/aromatic N) is 2. The van der Waals surface area contributed by atoms with Gasteiger partial charge in [0.15, 0.2) is 0 Å². The minimum absolute atomic E-state index is 0. The van der Waals surface area contributed by atoms with Crippen LogP contribution in [0.2, 0.25) is 0 Å². The summed E-state index contributed by atoms with van der Waals surface area (Å²) in [6, 6.07) is 1.75. The van der Waals surface area contributed by atoms with Crippen molar-refractivity contribution in [1.29, 1.82) is 5.26 Å². The fraction of sp³-hybridized carbons (Fsp3) is 0.950. The molecule has 0 bridgehead atoms. The second-order valence-corrected chi connectivity index (χ2v) is 15.7. The Labute approximate surface area is 214 Å². The van der Waals surface area contributed by atoms with Gasteiger partial charge in [-0.2, -0.15) is 5.26 Å². The van der Waals surface area contributed by atoms with Crippen molar-refractivity contribution in [3.8, 4) is 6.07 Å². The number of rotatable bonds is 6. The Balaban J connectivity index is -0.0000000470. The standard InChI is InChI=1S/2C9H21P.C2H3N.2BrH.NO.Re/c2*1-7(2)10(8(3)4)9(5)6;1-2-3;;;1-2;/h2*7-9H,1-6H3;1H3;2*1H;;. The normalized spacial score (nSPS) is 9.43. The van der Waals surface area contributed by atoms with Crippen molar-refractivity contribution < 1.29 is 20.4 Å². The molecule has 0 spiro atoms. The van der Waals surface area contributed by atoms with E-state index < -0.39 is 0 Å². The summed E-state index contributed by atoms with van der Waals surface area (Å²) in [5.41, 5.74) is 11.1. The van der Waals surface area contributed by atoms with Gasteiger partial charge in [0, 0.05) is 27.3 Å². The Morgan fingerprint density at radius 2 is 0.607 bits per heavy atom. The van der Waals surface area contributed by atoms with Crippen LogP contribution in [0.5, 0.6) is 0 Å². The molecule has 0 aliphatic carbocycles. The van der Waals surface area contributed by atoms with Gasteiger partial charge in [-0.15, -0.1) is 38.9 Å². The predicted molar refractivity (Wildman–Crippen MR) is 142 cm³/mol. The molecular weight excluding hydrogens is 692 g/mol. The molecule has 0 saturated heterocycles. The van der Waals surface area contributed by atoms with Crippen molar-refractivity contribution >= 4 is 49.8 Å². The average Bonchev–Trinajstić information content (AvgIpc) is 2.39. The molecular formula is C20H47Br2N2OP2Re. The van der Waals surface area contributed by atoms with Crippen LogP contribution in [-0.2, 0) is 20.4 Å². The van der Waals surface area contributed by atoms with Crippen LogP contribution in [0.25, 0.3) is 0 Å². The topological polar surface area (TPSA) is 63.2 Å². The summed E-state index contributed by atoms with van der Waals surface area (Å²) in [6.45, 7) is 29.7. The third-order valence-electron chi connectivity index (χ3n) is 3.58. The van der Waals surface area contributed by atoms with Crippen molar-refractivity contribution in [2.75, 3.05) is 0 Å². The summed E-state index contributed by atoms with van der Waals surface area (Å²) in [5.74, 6) is 0. The van der Waals surface area contributed by atoms with Crippen LogP contribution < -0.4 is 5.59 Å². The van der Waals surface area contributed by atoms with Crippen LogP contribution in [0.15, 0.2) is 0 Å². The summed E-state index contributed by atoms with van der Waals surface area (Å²) in [4.78, 5) is 7.25. The molecule has 0 rings (SSSR count). The van der Waals surface area contributed by atoms with Crippen LogP contribution in [0.4, 0.5) is 0 Å². The molecule has 2 radical (unpaired) electrons. The van der Waals surface area contributed by atoms with Crippen molar-refractivity contribution in [3.05, 3.63) is 4.91 Å². The third kappa shape index (κ3) is 29.8. The van der Waals surface area contributed by atoms with Crippen LogP contribution in [0.1, 0.15) is 90.0 Å². The van der Waals surface area contributed by atoms with Crippen LogP contribution >= 0.6 is 49.8 Å². The van der Waals surface area contributed by atoms with E-state index in [1.807, 2.05) is 0 Å². The van der Waals surface area contributed by atoms with Gasteiger partial charge in [0.25, 0.3) is 0 Å². The van der Waals surface area contributed by atoms with E-state index in [4.69, 9.17) is 15.8 Å². The SMILES string of the molecule is Br.Br.CC#N.CC(C)P(C(C)C)C(C)C.CC(C)P(C(C)C)C(C)C.[N]=O.[Re]. The van der Waals surface area contributed by atoms with Crippen molar-refractivity contribution in [3.63, 3.8) is 0 Å². The van der Waals surface area contributed by atoms with Gasteiger partial charge >= 0.3 is 0 Å². The van der Waals surface area contributed by atoms with Gasteiger partial charge in [-0.3, -0.25) is 0 Å². The van der Waals surface area contributed by atoms with E-state index in [0.29, 0.717) is 0 Å². The van der Waals surface area contributed by atoms with E-state index in [1.54, 1.807) is 6.07 Å². The van der Waals surface area contributed by atoms with E-state index in [9.17, 15) is 0 Å². The van der Waals surface area contributed by atoms with Gasteiger partial charge in [-0.05, 0) is 34.0 Å². The molecule has 174 valence electrons. The first-order valence-corrected chi connectivity index (χ1v) is 12.5. The maximum atomic E-state index is 7.32. The number of nitroso groups, excluding NO2 is 1. The van der Waals surface area contributed by atoms with Gasteiger partial charge in [0.05, 0.1) is 6.07 Å². The average molecular weight is 740 g/mol. The van der Waals surface area contributed by atoms with E-state index in [0.717, 1.165) is 34.0 Å². The van der Waals surface area contributed by atoms with Crippen LogP contribution in [0.3, 0.4) is 0 Å². The molecule has 0 aliphatic rings. The molecule has 3 nitrogen and oxygen atoms in total. The molecule has 0 N–H and O–H groups in total. The molecule has 0 unspecified atom stereocenters. The van der Waals surface area contributed by atoms with Crippen LogP contribution in [0, 0.1) is 16.2 Å². The van der Waals surface area contributed by atoms with Gasteiger partial charge in [-0.1, -0.05) is 98.9 Å². The van der Waals surface area contributed by atoms with Gasteiger partial charge in [-0.25, -0.2) is 0 Å². The second kappa shape index (κ2) is 30.8. The van der Waals surface area contributed by atoms with Crippen molar-refractivity contribution in [2.24, 2.45) is 0 Å². The van der Waals surface area contributed by atoms with E-state index in [-0.39, 0.29) is 70.2 Å². The molecule has 0 aromatic rings. The summed E-state index contributed by atoms with van der Waals surface area (Å²) in [7, 11) is 0.525. The Hall–Kier alpha value is 1.57. The summed E-state index contributed by atoms with van der Waals surface area (Å²) >= 11 is 0. The van der Waals surface area contributed by atoms with Crippen LogP contribution in [-0.4, -0.2) is 34.0 Å². The fourth-order valence-electron chi connectivity index (χ4n) is 3.58. The first-order chi connectivity index (χ1) is 11.3. The first kappa shape index (κ1) is 47.4. The maximum Gasteiger partial charge on any atom is 0.120 e. The fourth-order valence-corrected chi connectivity index (χ4v) is 10.7. The zero-order chi connectivity index (χ0) is 21.3. The van der Waals surface area contributed by atoms with Gasteiger partial charge in [0.1, 0.15) is 5.59 Å². The molecule has 0 atom stereocenters. The zero-order valence-corrected chi connectivity index (χ0v) is 28.3.